The molecular formula is C12H26S. The first-order valence-corrected chi connectivity index (χ1v) is 7.15. The van der Waals surface area contributed by atoms with Crippen LogP contribution in [0.3, 0.4) is 0 Å². The molecule has 0 rings (SSSR count). The van der Waals surface area contributed by atoms with Crippen LogP contribution in [0.2, 0.25) is 0 Å². The Labute approximate surface area is 88.9 Å². The van der Waals surface area contributed by atoms with E-state index in [2.05, 4.69) is 25.6 Å². The highest BCUT2D eigenvalue weighted by atomic mass is 32.2. The van der Waals surface area contributed by atoms with E-state index in [4.69, 9.17) is 0 Å². The number of rotatable bonds is 10. The maximum Gasteiger partial charge on any atom is -0.00675 e. The standard InChI is InChI=1S/C12H26S/c1-3-5-7-9-11-13-12-10-8-6-4-2/h3-12H2,1-2H3. The summed E-state index contributed by atoms with van der Waals surface area (Å²) >= 11 is 2.15. The first-order valence-electron chi connectivity index (χ1n) is 5.99. The third-order valence-corrected chi connectivity index (χ3v) is 3.44. The molecule has 0 aromatic carbocycles. The third kappa shape index (κ3) is 12.4. The van der Waals surface area contributed by atoms with Gasteiger partial charge < -0.3 is 0 Å². The van der Waals surface area contributed by atoms with Gasteiger partial charge in [-0.25, -0.2) is 0 Å². The van der Waals surface area contributed by atoms with Crippen LogP contribution in [0.25, 0.3) is 0 Å². The largest absolute Gasteiger partial charge is 0.162 e. The molecule has 0 aliphatic rings. The van der Waals surface area contributed by atoms with E-state index in [-0.39, 0.29) is 0 Å². The minimum Gasteiger partial charge on any atom is -0.162 e. The molecule has 0 bridgehead atoms. The predicted molar refractivity (Wildman–Crippen MR) is 65.6 cm³/mol. The second-order valence-corrected chi connectivity index (χ2v) is 4.96. The number of unbranched alkanes of at least 4 members (excludes halogenated alkanes) is 6. The lowest BCUT2D eigenvalue weighted by molar-refractivity contribution is 0.700. The van der Waals surface area contributed by atoms with Crippen molar-refractivity contribution >= 4 is 11.8 Å². The van der Waals surface area contributed by atoms with Gasteiger partial charge >= 0.3 is 0 Å². The van der Waals surface area contributed by atoms with Gasteiger partial charge in [0.05, 0.1) is 0 Å². The van der Waals surface area contributed by atoms with E-state index in [1.165, 1.54) is 62.9 Å². The summed E-state index contributed by atoms with van der Waals surface area (Å²) in [6.07, 6.45) is 11.3. The quantitative estimate of drug-likeness (QED) is 0.455. The van der Waals surface area contributed by atoms with Gasteiger partial charge in [0.25, 0.3) is 0 Å². The molecule has 1 heteroatoms. The molecule has 0 aromatic rings. The Morgan fingerprint density at radius 2 is 1.08 bits per heavy atom. The molecule has 0 nitrogen and oxygen atoms in total. The lowest BCUT2D eigenvalue weighted by atomic mass is 10.2. The Hall–Kier alpha value is 0.350. The van der Waals surface area contributed by atoms with Gasteiger partial charge in [0.1, 0.15) is 0 Å². The van der Waals surface area contributed by atoms with E-state index >= 15 is 0 Å². The molecule has 0 fully saturated rings. The molecule has 0 atom stereocenters. The van der Waals surface area contributed by atoms with Gasteiger partial charge in [0.2, 0.25) is 0 Å². The van der Waals surface area contributed by atoms with Crippen molar-refractivity contribution in [3.8, 4) is 0 Å². The molecule has 0 aromatic heterocycles. The summed E-state index contributed by atoms with van der Waals surface area (Å²) in [4.78, 5) is 0. The molecule has 0 N–H and O–H groups in total. The van der Waals surface area contributed by atoms with Gasteiger partial charge in [-0.3, -0.25) is 0 Å². The zero-order chi connectivity index (χ0) is 9.78. The second kappa shape index (κ2) is 12.3. The lowest BCUT2D eigenvalue weighted by Gasteiger charge is -2.00. The molecule has 13 heavy (non-hydrogen) atoms. The monoisotopic (exact) mass is 202 g/mol. The maximum absolute atomic E-state index is 2.28. The molecule has 0 saturated heterocycles. The fourth-order valence-electron chi connectivity index (χ4n) is 1.36. The average Bonchev–Trinajstić information content (AvgIpc) is 2.16. The van der Waals surface area contributed by atoms with Crippen molar-refractivity contribution in [2.45, 2.75) is 65.2 Å². The van der Waals surface area contributed by atoms with E-state index in [1.54, 1.807) is 0 Å². The molecule has 0 spiro atoms. The first kappa shape index (κ1) is 13.4. The molecule has 80 valence electrons. The number of hydrogen-bond donors (Lipinski definition) is 0. The predicted octanol–water partition coefficient (Wildman–Crippen LogP) is 4.88. The van der Waals surface area contributed by atoms with Crippen LogP contribution in [-0.2, 0) is 0 Å². The van der Waals surface area contributed by atoms with Crippen LogP contribution in [0, 0.1) is 0 Å². The molecule has 0 unspecified atom stereocenters. The van der Waals surface area contributed by atoms with Gasteiger partial charge in [-0.15, -0.1) is 0 Å². The van der Waals surface area contributed by atoms with Gasteiger partial charge in [0.15, 0.2) is 0 Å². The Kier molecular flexibility index (Phi) is 12.7. The van der Waals surface area contributed by atoms with Gasteiger partial charge in [-0.2, -0.15) is 11.8 Å². The van der Waals surface area contributed by atoms with Crippen molar-refractivity contribution in [1.29, 1.82) is 0 Å². The SMILES string of the molecule is CCCCCCSCCCCCC. The molecule has 0 amide bonds. The van der Waals surface area contributed by atoms with Crippen LogP contribution >= 0.6 is 11.8 Å². The van der Waals surface area contributed by atoms with Crippen molar-refractivity contribution in [2.24, 2.45) is 0 Å². The molecule has 0 aliphatic carbocycles. The summed E-state index contributed by atoms with van der Waals surface area (Å²) < 4.78 is 0. The molecule has 0 saturated carbocycles. The lowest BCUT2D eigenvalue weighted by Crippen LogP contribution is -1.85. The third-order valence-electron chi connectivity index (χ3n) is 2.28. The highest BCUT2D eigenvalue weighted by Gasteiger charge is 1.90. The molecule has 0 heterocycles. The fourth-order valence-corrected chi connectivity index (χ4v) is 2.38. The van der Waals surface area contributed by atoms with Crippen molar-refractivity contribution in [1.82, 2.24) is 0 Å². The van der Waals surface area contributed by atoms with E-state index < -0.39 is 0 Å². The molecular weight excluding hydrogens is 176 g/mol. The van der Waals surface area contributed by atoms with E-state index in [9.17, 15) is 0 Å². The normalized spacial score (nSPS) is 10.6. The smallest absolute Gasteiger partial charge is 0.00675 e. The first-order chi connectivity index (χ1) is 6.41. The van der Waals surface area contributed by atoms with Gasteiger partial charge in [-0.1, -0.05) is 52.4 Å². The van der Waals surface area contributed by atoms with Crippen LogP contribution in [0.4, 0.5) is 0 Å². The summed E-state index contributed by atoms with van der Waals surface area (Å²) in [5.74, 6) is 2.79. The van der Waals surface area contributed by atoms with Crippen molar-refractivity contribution < 1.29 is 0 Å². The van der Waals surface area contributed by atoms with E-state index in [0.717, 1.165) is 0 Å². The Balaban J connectivity index is 2.76. The Bertz CT molecular complexity index is 71.2. The zero-order valence-corrected chi connectivity index (χ0v) is 10.3. The van der Waals surface area contributed by atoms with Crippen LogP contribution < -0.4 is 0 Å². The topological polar surface area (TPSA) is 0 Å². The van der Waals surface area contributed by atoms with E-state index in [1.807, 2.05) is 0 Å². The van der Waals surface area contributed by atoms with E-state index in [0.29, 0.717) is 0 Å². The van der Waals surface area contributed by atoms with Crippen molar-refractivity contribution in [3.05, 3.63) is 0 Å². The minimum absolute atomic E-state index is 1.36. The highest BCUT2D eigenvalue weighted by molar-refractivity contribution is 7.99. The van der Waals surface area contributed by atoms with Crippen LogP contribution in [0.5, 0.6) is 0 Å². The summed E-state index contributed by atoms with van der Waals surface area (Å²) in [6, 6.07) is 0. The van der Waals surface area contributed by atoms with Crippen molar-refractivity contribution in [3.63, 3.8) is 0 Å². The van der Waals surface area contributed by atoms with Crippen LogP contribution in [0.1, 0.15) is 65.2 Å². The highest BCUT2D eigenvalue weighted by Crippen LogP contribution is 2.10. The Morgan fingerprint density at radius 3 is 1.46 bits per heavy atom. The summed E-state index contributed by atoms with van der Waals surface area (Å²) in [7, 11) is 0. The number of hydrogen-bond acceptors (Lipinski definition) is 1. The Morgan fingerprint density at radius 1 is 0.615 bits per heavy atom. The second-order valence-electron chi connectivity index (χ2n) is 3.73. The summed E-state index contributed by atoms with van der Waals surface area (Å²) in [5, 5.41) is 0. The van der Waals surface area contributed by atoms with Crippen LogP contribution in [-0.4, -0.2) is 11.5 Å². The maximum atomic E-state index is 2.28. The van der Waals surface area contributed by atoms with Gasteiger partial charge in [-0.05, 0) is 24.3 Å². The minimum atomic E-state index is 1.36. The fraction of sp³-hybridized carbons (Fsp3) is 1.00. The summed E-state index contributed by atoms with van der Waals surface area (Å²) in [6.45, 7) is 4.55. The molecule has 0 radical (unpaired) electrons. The number of thioether (sulfide) groups is 1. The molecule has 0 aliphatic heterocycles. The zero-order valence-electron chi connectivity index (χ0n) is 9.48. The van der Waals surface area contributed by atoms with Gasteiger partial charge in [0, 0.05) is 0 Å². The summed E-state index contributed by atoms with van der Waals surface area (Å²) in [5.41, 5.74) is 0. The average molecular weight is 202 g/mol. The van der Waals surface area contributed by atoms with Crippen molar-refractivity contribution in [2.75, 3.05) is 11.5 Å². The van der Waals surface area contributed by atoms with Crippen LogP contribution in [0.15, 0.2) is 0 Å².